The zero-order valence-corrected chi connectivity index (χ0v) is 13.3. The topological polar surface area (TPSA) is 54.0 Å². The Hall–Kier alpha value is -2.02. The summed E-state index contributed by atoms with van der Waals surface area (Å²) in [5.74, 6) is -1.33. The highest BCUT2D eigenvalue weighted by molar-refractivity contribution is 7.09. The number of aryl methyl sites for hydroxylation is 1. The Balaban J connectivity index is 1.96. The van der Waals surface area contributed by atoms with Gasteiger partial charge in [0.15, 0.2) is 0 Å². The molecule has 0 spiro atoms. The van der Waals surface area contributed by atoms with Gasteiger partial charge in [0, 0.05) is 22.7 Å². The van der Waals surface area contributed by atoms with Crippen LogP contribution in [-0.4, -0.2) is 11.0 Å². The summed E-state index contributed by atoms with van der Waals surface area (Å²) in [5.41, 5.74) is 1.13. The fourth-order valence-corrected chi connectivity index (χ4v) is 2.80. The third-order valence-electron chi connectivity index (χ3n) is 3.13. The number of urea groups is 1. The minimum atomic E-state index is -0.684. The van der Waals surface area contributed by atoms with Crippen LogP contribution in [0.1, 0.15) is 42.2 Å². The van der Waals surface area contributed by atoms with Crippen molar-refractivity contribution in [1.29, 1.82) is 0 Å². The number of amides is 2. The fourth-order valence-electron chi connectivity index (χ4n) is 2.00. The van der Waals surface area contributed by atoms with Gasteiger partial charge in [0.1, 0.15) is 16.6 Å². The van der Waals surface area contributed by atoms with Crippen molar-refractivity contribution in [2.75, 3.05) is 0 Å². The number of rotatable bonds is 4. The van der Waals surface area contributed by atoms with Crippen LogP contribution in [0.5, 0.6) is 0 Å². The molecular weight excluding hydrogens is 308 g/mol. The third-order valence-corrected chi connectivity index (χ3v) is 4.28. The van der Waals surface area contributed by atoms with Gasteiger partial charge < -0.3 is 10.6 Å². The molecule has 0 fully saturated rings. The van der Waals surface area contributed by atoms with Gasteiger partial charge in [-0.15, -0.1) is 11.3 Å². The summed E-state index contributed by atoms with van der Waals surface area (Å²) in [6.07, 6.45) is 0. The molecule has 0 unspecified atom stereocenters. The average Bonchev–Trinajstić information content (AvgIpc) is 2.85. The Bertz CT molecular complexity index is 675. The summed E-state index contributed by atoms with van der Waals surface area (Å²) in [4.78, 5) is 16.3. The van der Waals surface area contributed by atoms with E-state index < -0.39 is 23.7 Å². The van der Waals surface area contributed by atoms with Crippen LogP contribution >= 0.6 is 11.3 Å². The summed E-state index contributed by atoms with van der Waals surface area (Å²) < 4.78 is 26.6. The number of carbonyl (C=O) groups is 1. The number of benzene rings is 1. The normalized spacial score (nSPS) is 13.5. The van der Waals surface area contributed by atoms with Gasteiger partial charge in [0.05, 0.1) is 12.1 Å². The standard InChI is InChI=1S/C15H17F2N3OS/c1-8-7-22-14(18-8)10(3)20-15(21)19-9(2)12-5-4-11(16)6-13(12)17/h4-7,9-10H,1-3H3,(H2,19,20,21)/t9-,10-/m0/s1. The van der Waals surface area contributed by atoms with Crippen LogP contribution in [0.15, 0.2) is 23.6 Å². The van der Waals surface area contributed by atoms with Gasteiger partial charge in [0.25, 0.3) is 0 Å². The second-order valence-corrected chi connectivity index (χ2v) is 5.94. The highest BCUT2D eigenvalue weighted by atomic mass is 32.1. The van der Waals surface area contributed by atoms with E-state index >= 15 is 0 Å². The van der Waals surface area contributed by atoms with Crippen LogP contribution in [0.3, 0.4) is 0 Å². The molecule has 2 aromatic rings. The Kier molecular flexibility index (Phi) is 5.07. The molecule has 0 saturated heterocycles. The molecule has 0 bridgehead atoms. The third kappa shape index (κ3) is 4.00. The fraction of sp³-hybridized carbons (Fsp3) is 0.333. The van der Waals surface area contributed by atoms with Crippen LogP contribution in [0, 0.1) is 18.6 Å². The second-order valence-electron chi connectivity index (χ2n) is 5.05. The molecule has 1 aromatic heterocycles. The Morgan fingerprint density at radius 1 is 1.23 bits per heavy atom. The quantitative estimate of drug-likeness (QED) is 0.897. The zero-order chi connectivity index (χ0) is 16.3. The summed E-state index contributed by atoms with van der Waals surface area (Å²) in [6, 6.07) is 2.02. The van der Waals surface area contributed by atoms with Gasteiger partial charge in [-0.3, -0.25) is 0 Å². The smallest absolute Gasteiger partial charge is 0.315 e. The molecular formula is C15H17F2N3OS. The van der Waals surface area contributed by atoms with Crippen molar-refractivity contribution in [2.24, 2.45) is 0 Å². The molecule has 2 amide bonds. The van der Waals surface area contributed by atoms with Crippen molar-refractivity contribution < 1.29 is 13.6 Å². The lowest BCUT2D eigenvalue weighted by Gasteiger charge is -2.18. The molecule has 0 aliphatic heterocycles. The molecule has 2 N–H and O–H groups in total. The van der Waals surface area contributed by atoms with E-state index in [1.165, 1.54) is 17.4 Å². The van der Waals surface area contributed by atoms with Crippen LogP contribution in [0.2, 0.25) is 0 Å². The minimum Gasteiger partial charge on any atom is -0.332 e. The van der Waals surface area contributed by atoms with E-state index in [0.29, 0.717) is 0 Å². The van der Waals surface area contributed by atoms with Crippen molar-refractivity contribution >= 4 is 17.4 Å². The molecule has 1 aromatic carbocycles. The monoisotopic (exact) mass is 325 g/mol. The second kappa shape index (κ2) is 6.83. The Morgan fingerprint density at radius 2 is 1.91 bits per heavy atom. The van der Waals surface area contributed by atoms with Gasteiger partial charge in [-0.1, -0.05) is 6.07 Å². The lowest BCUT2D eigenvalue weighted by Crippen LogP contribution is -2.38. The predicted molar refractivity (Wildman–Crippen MR) is 81.7 cm³/mol. The first-order chi connectivity index (χ1) is 10.4. The summed E-state index contributed by atoms with van der Waals surface area (Å²) in [5, 5.41) is 8.07. The lowest BCUT2D eigenvalue weighted by molar-refractivity contribution is 0.234. The molecule has 7 heteroatoms. The highest BCUT2D eigenvalue weighted by Crippen LogP contribution is 2.19. The van der Waals surface area contributed by atoms with Crippen LogP contribution < -0.4 is 10.6 Å². The van der Waals surface area contributed by atoms with Gasteiger partial charge in [-0.2, -0.15) is 0 Å². The minimum absolute atomic E-state index is 0.231. The van der Waals surface area contributed by atoms with E-state index in [0.717, 1.165) is 22.8 Å². The number of thiazole rings is 1. The number of hydrogen-bond donors (Lipinski definition) is 2. The van der Waals surface area contributed by atoms with Crippen LogP contribution in [0.25, 0.3) is 0 Å². The lowest BCUT2D eigenvalue weighted by atomic mass is 10.1. The SMILES string of the molecule is Cc1csc([C@H](C)NC(=O)N[C@@H](C)c2ccc(F)cc2F)n1. The number of nitrogens with one attached hydrogen (secondary N) is 2. The first kappa shape index (κ1) is 16.4. The van der Waals surface area contributed by atoms with Gasteiger partial charge >= 0.3 is 6.03 Å². The number of aromatic nitrogens is 1. The van der Waals surface area contributed by atoms with Crippen molar-refractivity contribution in [2.45, 2.75) is 32.9 Å². The van der Waals surface area contributed by atoms with Crippen LogP contribution in [0.4, 0.5) is 13.6 Å². The van der Waals surface area contributed by atoms with Gasteiger partial charge in [-0.05, 0) is 26.8 Å². The largest absolute Gasteiger partial charge is 0.332 e. The molecule has 4 nitrogen and oxygen atoms in total. The molecule has 118 valence electrons. The van der Waals surface area contributed by atoms with E-state index in [9.17, 15) is 13.6 Å². The molecule has 0 radical (unpaired) electrons. The van der Waals surface area contributed by atoms with Crippen molar-refractivity contribution in [3.8, 4) is 0 Å². The van der Waals surface area contributed by atoms with E-state index in [-0.39, 0.29) is 11.6 Å². The summed E-state index contributed by atoms with van der Waals surface area (Å²) in [7, 11) is 0. The van der Waals surface area contributed by atoms with Crippen molar-refractivity contribution in [3.63, 3.8) is 0 Å². The van der Waals surface area contributed by atoms with Crippen LogP contribution in [-0.2, 0) is 0 Å². The number of nitrogens with zero attached hydrogens (tertiary/aromatic N) is 1. The van der Waals surface area contributed by atoms with E-state index in [2.05, 4.69) is 15.6 Å². The molecule has 0 saturated carbocycles. The molecule has 0 aliphatic rings. The maximum Gasteiger partial charge on any atom is 0.315 e. The van der Waals surface area contributed by atoms with E-state index in [4.69, 9.17) is 0 Å². The predicted octanol–water partition coefficient (Wildman–Crippen LogP) is 3.85. The Labute approximate surface area is 131 Å². The summed E-state index contributed by atoms with van der Waals surface area (Å²) in [6.45, 7) is 5.33. The first-order valence-electron chi connectivity index (χ1n) is 6.81. The molecule has 22 heavy (non-hydrogen) atoms. The first-order valence-corrected chi connectivity index (χ1v) is 7.68. The van der Waals surface area contributed by atoms with Crippen molar-refractivity contribution in [3.05, 3.63) is 51.5 Å². The molecule has 1 heterocycles. The molecule has 2 atom stereocenters. The molecule has 0 aliphatic carbocycles. The highest BCUT2D eigenvalue weighted by Gasteiger charge is 2.17. The molecule has 2 rings (SSSR count). The number of hydrogen-bond acceptors (Lipinski definition) is 3. The summed E-state index contributed by atoms with van der Waals surface area (Å²) >= 11 is 1.46. The van der Waals surface area contributed by atoms with E-state index in [1.54, 1.807) is 6.92 Å². The van der Waals surface area contributed by atoms with Crippen molar-refractivity contribution in [1.82, 2.24) is 15.6 Å². The zero-order valence-electron chi connectivity index (χ0n) is 12.5. The van der Waals surface area contributed by atoms with Gasteiger partial charge in [0.2, 0.25) is 0 Å². The average molecular weight is 325 g/mol. The van der Waals surface area contributed by atoms with E-state index in [1.807, 2.05) is 19.2 Å². The Morgan fingerprint density at radius 3 is 2.50 bits per heavy atom. The number of halogens is 2. The maximum absolute atomic E-state index is 13.7. The van der Waals surface area contributed by atoms with Gasteiger partial charge in [-0.25, -0.2) is 18.6 Å². The maximum atomic E-state index is 13.7. The number of carbonyl (C=O) groups excluding carboxylic acids is 1.